The van der Waals surface area contributed by atoms with Gasteiger partial charge in [-0.2, -0.15) is 0 Å². The van der Waals surface area contributed by atoms with Crippen LogP contribution in [0.15, 0.2) is 60.3 Å². The van der Waals surface area contributed by atoms with Crippen molar-refractivity contribution in [2.24, 2.45) is 5.92 Å². The van der Waals surface area contributed by atoms with Crippen LogP contribution in [0.4, 0.5) is 0 Å². The topological polar surface area (TPSA) is 68.3 Å². The number of hydrogen-bond donors (Lipinski definition) is 1. The van der Waals surface area contributed by atoms with Gasteiger partial charge in [0.2, 0.25) is 10.0 Å². The summed E-state index contributed by atoms with van der Waals surface area (Å²) >= 11 is 0. The van der Waals surface area contributed by atoms with E-state index in [1.165, 1.54) is 5.41 Å². The first kappa shape index (κ1) is 17.8. The zero-order chi connectivity index (χ0) is 17.5. The summed E-state index contributed by atoms with van der Waals surface area (Å²) in [5, 5.41) is 1.23. The fourth-order valence-corrected chi connectivity index (χ4v) is 4.09. The molecule has 1 atom stereocenters. The summed E-state index contributed by atoms with van der Waals surface area (Å²) in [5.41, 5.74) is 1.72. The predicted molar refractivity (Wildman–Crippen MR) is 98.1 cm³/mol. The van der Waals surface area contributed by atoms with E-state index in [1.807, 2.05) is 42.5 Å². The molecule has 1 aromatic heterocycles. The maximum Gasteiger partial charge on any atom is 0.234 e. The lowest BCUT2D eigenvalue weighted by Gasteiger charge is -2.30. The second kappa shape index (κ2) is 8.38. The monoisotopic (exact) mass is 358 g/mol. The van der Waals surface area contributed by atoms with Crippen molar-refractivity contribution >= 4 is 16.1 Å². The Morgan fingerprint density at radius 2 is 1.88 bits per heavy atom. The summed E-state index contributed by atoms with van der Waals surface area (Å²) in [5.74, 6) is 0.192. The largest absolute Gasteiger partial charge is 0.381 e. The van der Waals surface area contributed by atoms with E-state index in [2.05, 4.69) is 9.71 Å². The maximum absolute atomic E-state index is 12.6. The van der Waals surface area contributed by atoms with E-state index in [1.54, 1.807) is 18.5 Å². The molecule has 0 aliphatic carbocycles. The molecule has 2 heterocycles. The SMILES string of the molecule is O=S(=O)(/C=C/c1ccccc1)N[C@@H](c1cccnc1)C1CCOCC1. The van der Waals surface area contributed by atoms with Gasteiger partial charge in [0.25, 0.3) is 0 Å². The van der Waals surface area contributed by atoms with Gasteiger partial charge in [-0.1, -0.05) is 36.4 Å². The quantitative estimate of drug-likeness (QED) is 0.861. The number of rotatable bonds is 6. The van der Waals surface area contributed by atoms with E-state index in [0.29, 0.717) is 13.2 Å². The molecule has 1 saturated heterocycles. The van der Waals surface area contributed by atoms with Gasteiger partial charge in [-0.25, -0.2) is 13.1 Å². The fraction of sp³-hybridized carbons (Fsp3) is 0.316. The van der Waals surface area contributed by atoms with Crippen molar-refractivity contribution in [1.29, 1.82) is 0 Å². The minimum atomic E-state index is -3.58. The zero-order valence-corrected chi connectivity index (χ0v) is 14.7. The van der Waals surface area contributed by atoms with Crippen LogP contribution < -0.4 is 4.72 Å². The Labute approximate surface area is 148 Å². The third kappa shape index (κ3) is 5.22. The number of sulfonamides is 1. The first-order valence-corrected chi connectivity index (χ1v) is 9.92. The molecule has 0 radical (unpaired) electrons. The van der Waals surface area contributed by atoms with Crippen LogP contribution in [0.2, 0.25) is 0 Å². The number of nitrogens with one attached hydrogen (secondary N) is 1. The van der Waals surface area contributed by atoms with Gasteiger partial charge in [-0.15, -0.1) is 0 Å². The van der Waals surface area contributed by atoms with Crippen molar-refractivity contribution in [3.05, 3.63) is 71.4 Å². The molecule has 1 N–H and O–H groups in total. The third-order valence-electron chi connectivity index (χ3n) is 4.31. The molecule has 1 aromatic carbocycles. The molecular weight excluding hydrogens is 336 g/mol. The van der Waals surface area contributed by atoms with E-state index in [4.69, 9.17) is 4.74 Å². The normalized spacial score (nSPS) is 17.6. The van der Waals surface area contributed by atoms with E-state index < -0.39 is 10.0 Å². The van der Waals surface area contributed by atoms with Crippen LogP contribution in [-0.2, 0) is 14.8 Å². The first-order valence-electron chi connectivity index (χ1n) is 8.37. The number of benzene rings is 1. The Bertz CT molecular complexity index is 786. The Morgan fingerprint density at radius 3 is 2.56 bits per heavy atom. The molecule has 132 valence electrons. The van der Waals surface area contributed by atoms with Gasteiger partial charge < -0.3 is 4.74 Å². The number of aromatic nitrogens is 1. The Hall–Kier alpha value is -2.02. The van der Waals surface area contributed by atoms with E-state index in [0.717, 1.165) is 24.0 Å². The van der Waals surface area contributed by atoms with Crippen molar-refractivity contribution in [1.82, 2.24) is 9.71 Å². The average Bonchev–Trinajstić information content (AvgIpc) is 2.67. The van der Waals surface area contributed by atoms with Gasteiger partial charge in [0.1, 0.15) is 0 Å². The fourth-order valence-electron chi connectivity index (χ4n) is 2.99. The van der Waals surface area contributed by atoms with Crippen LogP contribution >= 0.6 is 0 Å². The third-order valence-corrected chi connectivity index (χ3v) is 5.39. The Kier molecular flexibility index (Phi) is 5.96. The van der Waals surface area contributed by atoms with E-state index in [9.17, 15) is 8.42 Å². The molecule has 5 nitrogen and oxygen atoms in total. The Balaban J connectivity index is 1.80. The summed E-state index contributed by atoms with van der Waals surface area (Å²) in [6, 6.07) is 12.8. The van der Waals surface area contributed by atoms with Crippen molar-refractivity contribution < 1.29 is 13.2 Å². The molecule has 0 bridgehead atoms. The molecule has 0 unspecified atom stereocenters. The minimum Gasteiger partial charge on any atom is -0.381 e. The van der Waals surface area contributed by atoms with Crippen LogP contribution in [-0.4, -0.2) is 26.6 Å². The first-order chi connectivity index (χ1) is 12.1. The van der Waals surface area contributed by atoms with Crippen LogP contribution in [0.5, 0.6) is 0 Å². The van der Waals surface area contributed by atoms with Crippen molar-refractivity contribution in [3.63, 3.8) is 0 Å². The molecule has 0 saturated carbocycles. The zero-order valence-electron chi connectivity index (χ0n) is 13.9. The number of pyridine rings is 1. The predicted octanol–water partition coefficient (Wildman–Crippen LogP) is 3.14. The van der Waals surface area contributed by atoms with Crippen LogP contribution in [0.3, 0.4) is 0 Å². The number of ether oxygens (including phenoxy) is 1. The van der Waals surface area contributed by atoms with Gasteiger partial charge >= 0.3 is 0 Å². The van der Waals surface area contributed by atoms with Gasteiger partial charge in [-0.05, 0) is 42.0 Å². The van der Waals surface area contributed by atoms with Gasteiger partial charge in [-0.3, -0.25) is 4.98 Å². The van der Waals surface area contributed by atoms with Crippen molar-refractivity contribution in [2.45, 2.75) is 18.9 Å². The lowest BCUT2D eigenvalue weighted by atomic mass is 9.88. The molecule has 1 fully saturated rings. The highest BCUT2D eigenvalue weighted by molar-refractivity contribution is 7.92. The average molecular weight is 358 g/mol. The van der Waals surface area contributed by atoms with Crippen LogP contribution in [0.25, 0.3) is 6.08 Å². The van der Waals surface area contributed by atoms with Crippen LogP contribution in [0.1, 0.15) is 30.0 Å². The minimum absolute atomic E-state index is 0.192. The summed E-state index contributed by atoms with van der Waals surface area (Å²) in [6.07, 6.45) is 6.67. The standard InChI is InChI=1S/C19H22N2O3S/c22-25(23,14-10-16-5-2-1-3-6-16)21-19(17-8-12-24-13-9-17)18-7-4-11-20-15-18/h1-7,10-11,14-15,17,19,21H,8-9,12-13H2/b14-10+/t19-/m1/s1. The van der Waals surface area contributed by atoms with Gasteiger partial charge in [0, 0.05) is 31.0 Å². The van der Waals surface area contributed by atoms with Gasteiger partial charge in [0.05, 0.1) is 6.04 Å². The summed E-state index contributed by atoms with van der Waals surface area (Å²) in [4.78, 5) is 4.14. The maximum atomic E-state index is 12.6. The van der Waals surface area contributed by atoms with Crippen molar-refractivity contribution in [2.75, 3.05) is 13.2 Å². The van der Waals surface area contributed by atoms with E-state index in [-0.39, 0.29) is 12.0 Å². The second-order valence-electron chi connectivity index (χ2n) is 6.09. The van der Waals surface area contributed by atoms with Crippen LogP contribution in [0, 0.1) is 5.92 Å². The molecule has 1 aliphatic rings. The second-order valence-corrected chi connectivity index (χ2v) is 7.69. The Morgan fingerprint density at radius 1 is 1.12 bits per heavy atom. The number of nitrogens with zero attached hydrogens (tertiary/aromatic N) is 1. The molecule has 6 heteroatoms. The highest BCUT2D eigenvalue weighted by Crippen LogP contribution is 2.30. The molecule has 2 aromatic rings. The molecule has 0 amide bonds. The summed E-state index contributed by atoms with van der Waals surface area (Å²) < 4.78 is 33.4. The highest BCUT2D eigenvalue weighted by atomic mass is 32.2. The molecule has 3 rings (SSSR count). The number of hydrogen-bond acceptors (Lipinski definition) is 4. The molecule has 1 aliphatic heterocycles. The van der Waals surface area contributed by atoms with Crippen molar-refractivity contribution in [3.8, 4) is 0 Å². The molecule has 0 spiro atoms. The lowest BCUT2D eigenvalue weighted by Crippen LogP contribution is -2.35. The lowest BCUT2D eigenvalue weighted by molar-refractivity contribution is 0.0564. The van der Waals surface area contributed by atoms with E-state index >= 15 is 0 Å². The summed E-state index contributed by atoms with van der Waals surface area (Å²) in [6.45, 7) is 1.31. The molecule has 25 heavy (non-hydrogen) atoms. The van der Waals surface area contributed by atoms with Gasteiger partial charge in [0.15, 0.2) is 0 Å². The summed E-state index contributed by atoms with van der Waals surface area (Å²) in [7, 11) is -3.58. The molecular formula is C19H22N2O3S. The smallest absolute Gasteiger partial charge is 0.234 e. The highest BCUT2D eigenvalue weighted by Gasteiger charge is 2.28.